The number of aromatic nitrogens is 2. The van der Waals surface area contributed by atoms with E-state index in [9.17, 15) is 18.0 Å². The summed E-state index contributed by atoms with van der Waals surface area (Å²) in [5.74, 6) is -0.191. The molecule has 0 spiro atoms. The van der Waals surface area contributed by atoms with Crippen LogP contribution in [0.15, 0.2) is 60.8 Å². The van der Waals surface area contributed by atoms with Crippen molar-refractivity contribution >= 4 is 11.6 Å². The van der Waals surface area contributed by atoms with Crippen LogP contribution in [-0.2, 0) is 0 Å². The summed E-state index contributed by atoms with van der Waals surface area (Å²) >= 11 is 0. The largest absolute Gasteiger partial charge is 0.493 e. The Labute approximate surface area is 158 Å². The van der Waals surface area contributed by atoms with Crippen molar-refractivity contribution in [2.24, 2.45) is 0 Å². The van der Waals surface area contributed by atoms with E-state index in [1.165, 1.54) is 36.1 Å². The SMILES string of the molecule is COc1cn(-c2ccccc2)nc1C(=O)Nc1ccc(OCC(F)(F)F)cc1. The molecule has 3 aromatic rings. The topological polar surface area (TPSA) is 65.4 Å². The molecule has 0 aliphatic heterocycles. The van der Waals surface area contributed by atoms with Gasteiger partial charge in [-0.05, 0) is 36.4 Å². The quantitative estimate of drug-likeness (QED) is 0.688. The molecule has 0 aliphatic carbocycles. The molecule has 1 N–H and O–H groups in total. The molecular weight excluding hydrogens is 375 g/mol. The van der Waals surface area contributed by atoms with Gasteiger partial charge in [0, 0.05) is 5.69 Å². The van der Waals surface area contributed by atoms with Gasteiger partial charge in [-0.3, -0.25) is 4.79 Å². The molecule has 146 valence electrons. The van der Waals surface area contributed by atoms with Crippen LogP contribution in [0.3, 0.4) is 0 Å². The van der Waals surface area contributed by atoms with Gasteiger partial charge in [0.2, 0.25) is 0 Å². The highest BCUT2D eigenvalue weighted by atomic mass is 19.4. The van der Waals surface area contributed by atoms with E-state index in [1.807, 2.05) is 30.3 Å². The van der Waals surface area contributed by atoms with Crippen LogP contribution in [0.4, 0.5) is 18.9 Å². The number of methoxy groups -OCH3 is 1. The van der Waals surface area contributed by atoms with Crippen molar-refractivity contribution in [3.05, 3.63) is 66.5 Å². The first-order chi connectivity index (χ1) is 13.4. The van der Waals surface area contributed by atoms with Crippen molar-refractivity contribution in [1.82, 2.24) is 9.78 Å². The van der Waals surface area contributed by atoms with E-state index in [0.717, 1.165) is 5.69 Å². The minimum Gasteiger partial charge on any atom is -0.493 e. The Morgan fingerprint density at radius 2 is 1.79 bits per heavy atom. The molecule has 28 heavy (non-hydrogen) atoms. The van der Waals surface area contributed by atoms with Crippen LogP contribution in [0.25, 0.3) is 5.69 Å². The number of halogens is 3. The van der Waals surface area contributed by atoms with Gasteiger partial charge in [0.1, 0.15) is 5.75 Å². The molecule has 1 aromatic heterocycles. The smallest absolute Gasteiger partial charge is 0.422 e. The number of nitrogens with zero attached hydrogens (tertiary/aromatic N) is 2. The molecular formula is C19H16F3N3O3. The lowest BCUT2D eigenvalue weighted by atomic mass is 10.3. The maximum atomic E-state index is 12.5. The lowest BCUT2D eigenvalue weighted by Gasteiger charge is -2.10. The van der Waals surface area contributed by atoms with Crippen LogP contribution in [0.2, 0.25) is 0 Å². The number of alkyl halides is 3. The molecule has 1 amide bonds. The standard InChI is InChI=1S/C19H16F3N3O3/c1-27-16-11-25(14-5-3-2-4-6-14)24-17(16)18(26)23-13-7-9-15(10-8-13)28-12-19(20,21)22/h2-11H,12H2,1H3,(H,23,26). The van der Waals surface area contributed by atoms with E-state index in [1.54, 1.807) is 6.20 Å². The normalized spacial score (nSPS) is 11.1. The monoisotopic (exact) mass is 391 g/mol. The van der Waals surface area contributed by atoms with Crippen LogP contribution in [0.1, 0.15) is 10.5 Å². The van der Waals surface area contributed by atoms with Crippen LogP contribution in [-0.4, -0.2) is 35.6 Å². The van der Waals surface area contributed by atoms with Gasteiger partial charge in [-0.2, -0.15) is 18.3 Å². The van der Waals surface area contributed by atoms with E-state index in [0.29, 0.717) is 5.69 Å². The summed E-state index contributed by atoms with van der Waals surface area (Å²) in [5.41, 5.74) is 1.20. The predicted molar refractivity (Wildman–Crippen MR) is 96.1 cm³/mol. The zero-order valence-electron chi connectivity index (χ0n) is 14.7. The Morgan fingerprint density at radius 1 is 1.11 bits per heavy atom. The molecule has 0 fully saturated rings. The molecule has 6 nitrogen and oxygen atoms in total. The fourth-order valence-corrected chi connectivity index (χ4v) is 2.37. The predicted octanol–water partition coefficient (Wildman–Crippen LogP) is 4.07. The van der Waals surface area contributed by atoms with Crippen LogP contribution in [0.5, 0.6) is 11.5 Å². The first-order valence-electron chi connectivity index (χ1n) is 8.16. The summed E-state index contributed by atoms with van der Waals surface area (Å²) in [5, 5.41) is 6.88. The average molecular weight is 391 g/mol. The van der Waals surface area contributed by atoms with Gasteiger partial charge in [0.25, 0.3) is 5.91 Å². The number of benzene rings is 2. The number of rotatable bonds is 6. The summed E-state index contributed by atoms with van der Waals surface area (Å²) in [6, 6.07) is 14.7. The minimum atomic E-state index is -4.42. The van der Waals surface area contributed by atoms with E-state index >= 15 is 0 Å². The fourth-order valence-electron chi connectivity index (χ4n) is 2.37. The van der Waals surface area contributed by atoms with Crippen molar-refractivity contribution in [3.63, 3.8) is 0 Å². The van der Waals surface area contributed by atoms with Gasteiger partial charge in [-0.25, -0.2) is 4.68 Å². The molecule has 0 bridgehead atoms. The van der Waals surface area contributed by atoms with Crippen molar-refractivity contribution < 1.29 is 27.4 Å². The zero-order valence-corrected chi connectivity index (χ0v) is 14.7. The molecule has 3 rings (SSSR count). The molecule has 9 heteroatoms. The number of amides is 1. The maximum absolute atomic E-state index is 12.5. The number of hydrogen-bond acceptors (Lipinski definition) is 4. The van der Waals surface area contributed by atoms with Crippen LogP contribution < -0.4 is 14.8 Å². The Kier molecular flexibility index (Phi) is 5.53. The molecule has 2 aromatic carbocycles. The highest BCUT2D eigenvalue weighted by Gasteiger charge is 2.28. The first-order valence-corrected chi connectivity index (χ1v) is 8.16. The van der Waals surface area contributed by atoms with Crippen LogP contribution >= 0.6 is 0 Å². The van der Waals surface area contributed by atoms with E-state index in [2.05, 4.69) is 15.2 Å². The number of ether oxygens (including phenoxy) is 2. The van der Waals surface area contributed by atoms with Gasteiger partial charge in [0.05, 0.1) is 19.0 Å². The molecule has 0 atom stereocenters. The Hall–Kier alpha value is -3.49. The second-order valence-corrected chi connectivity index (χ2v) is 5.71. The van der Waals surface area contributed by atoms with Gasteiger partial charge in [-0.15, -0.1) is 0 Å². The molecule has 1 heterocycles. The molecule has 0 saturated heterocycles. The third-order valence-corrected chi connectivity index (χ3v) is 3.65. The third kappa shape index (κ3) is 4.81. The number of carbonyl (C=O) groups is 1. The molecule has 0 saturated carbocycles. The number of nitrogens with one attached hydrogen (secondary N) is 1. The van der Waals surface area contributed by atoms with E-state index in [4.69, 9.17) is 4.74 Å². The lowest BCUT2D eigenvalue weighted by molar-refractivity contribution is -0.153. The van der Waals surface area contributed by atoms with Crippen molar-refractivity contribution in [2.75, 3.05) is 19.0 Å². The molecule has 0 aliphatic rings. The molecule has 0 unspecified atom stereocenters. The number of anilines is 1. The average Bonchev–Trinajstić information content (AvgIpc) is 3.12. The van der Waals surface area contributed by atoms with Crippen molar-refractivity contribution in [2.45, 2.75) is 6.18 Å². The second kappa shape index (κ2) is 8.03. The summed E-state index contributed by atoms with van der Waals surface area (Å²) in [6.45, 7) is -1.38. The van der Waals surface area contributed by atoms with Gasteiger partial charge < -0.3 is 14.8 Å². The van der Waals surface area contributed by atoms with Gasteiger partial charge in [0.15, 0.2) is 18.1 Å². The first kappa shape index (κ1) is 19.3. The Bertz CT molecular complexity index is 939. The Morgan fingerprint density at radius 3 is 2.39 bits per heavy atom. The number of para-hydroxylation sites is 1. The third-order valence-electron chi connectivity index (χ3n) is 3.65. The second-order valence-electron chi connectivity index (χ2n) is 5.71. The summed E-state index contributed by atoms with van der Waals surface area (Å²) < 4.78 is 47.9. The Balaban J connectivity index is 1.72. The van der Waals surface area contributed by atoms with Gasteiger partial charge in [-0.1, -0.05) is 18.2 Å². The number of carbonyl (C=O) groups excluding carboxylic acids is 1. The van der Waals surface area contributed by atoms with Crippen molar-refractivity contribution in [3.8, 4) is 17.2 Å². The summed E-state index contributed by atoms with van der Waals surface area (Å²) in [4.78, 5) is 12.5. The van der Waals surface area contributed by atoms with E-state index in [-0.39, 0.29) is 17.2 Å². The van der Waals surface area contributed by atoms with Crippen LogP contribution in [0, 0.1) is 0 Å². The zero-order chi connectivity index (χ0) is 20.1. The van der Waals surface area contributed by atoms with Gasteiger partial charge >= 0.3 is 6.18 Å². The summed E-state index contributed by atoms with van der Waals surface area (Å²) in [7, 11) is 1.43. The molecule has 0 radical (unpaired) electrons. The minimum absolute atomic E-state index is 0.0428. The van der Waals surface area contributed by atoms with Crippen molar-refractivity contribution in [1.29, 1.82) is 0 Å². The lowest BCUT2D eigenvalue weighted by Crippen LogP contribution is -2.19. The highest BCUT2D eigenvalue weighted by Crippen LogP contribution is 2.23. The fraction of sp³-hybridized carbons (Fsp3) is 0.158. The maximum Gasteiger partial charge on any atom is 0.422 e. The number of hydrogen-bond donors (Lipinski definition) is 1. The summed E-state index contributed by atoms with van der Waals surface area (Å²) in [6.07, 6.45) is -2.83. The highest BCUT2D eigenvalue weighted by molar-refractivity contribution is 6.04. The van der Waals surface area contributed by atoms with E-state index < -0.39 is 18.7 Å².